The molecule has 0 aliphatic rings. The molecule has 1 heterocycles. The summed E-state index contributed by atoms with van der Waals surface area (Å²) in [5.74, 6) is 7.46. The van der Waals surface area contributed by atoms with Crippen LogP contribution in [0.4, 0.5) is 5.95 Å². The molecular formula is C17H17BrN6O2S. The Balaban J connectivity index is 1.60. The number of nitrogen functional groups attached to an aromatic ring is 1. The number of phenolic OH excluding ortho intramolecular Hbond substituents is 1. The number of nitrogens with two attached hydrogens (primary N) is 1. The van der Waals surface area contributed by atoms with Crippen LogP contribution in [0.1, 0.15) is 11.1 Å². The summed E-state index contributed by atoms with van der Waals surface area (Å²) in [5, 5.41) is 22.4. The van der Waals surface area contributed by atoms with E-state index >= 15 is 0 Å². The van der Waals surface area contributed by atoms with E-state index in [1.165, 1.54) is 35.8 Å². The molecule has 140 valence electrons. The van der Waals surface area contributed by atoms with E-state index in [0.29, 0.717) is 28.2 Å². The van der Waals surface area contributed by atoms with Crippen molar-refractivity contribution in [1.29, 1.82) is 0 Å². The molecule has 0 saturated carbocycles. The van der Waals surface area contributed by atoms with Gasteiger partial charge in [0, 0.05) is 10.2 Å². The molecule has 0 radical (unpaired) electrons. The van der Waals surface area contributed by atoms with Crippen LogP contribution in [0.15, 0.2) is 57.2 Å². The number of hydrogen-bond acceptors (Lipinski definition) is 8. The zero-order valence-corrected chi connectivity index (χ0v) is 16.7. The van der Waals surface area contributed by atoms with Crippen molar-refractivity contribution in [3.63, 3.8) is 0 Å². The summed E-state index contributed by atoms with van der Waals surface area (Å²) < 4.78 is 7.36. The normalized spacial score (nSPS) is 11.0. The number of rotatable bonds is 7. The monoisotopic (exact) mass is 448 g/mol. The number of halogens is 1. The second-order valence-electron chi connectivity index (χ2n) is 5.40. The van der Waals surface area contributed by atoms with Crippen LogP contribution < -0.4 is 16.0 Å². The first-order valence-corrected chi connectivity index (χ1v) is 9.58. The summed E-state index contributed by atoms with van der Waals surface area (Å²) >= 11 is 4.92. The van der Waals surface area contributed by atoms with Crippen LogP contribution in [0.25, 0.3) is 0 Å². The number of thioether (sulfide) groups is 1. The smallest absolute Gasteiger partial charge is 0.264 e. The number of nitrogens with one attached hydrogen (secondary N) is 1. The van der Waals surface area contributed by atoms with Crippen molar-refractivity contribution in [2.75, 3.05) is 18.4 Å². The minimum Gasteiger partial charge on any atom is -0.504 e. The van der Waals surface area contributed by atoms with Crippen molar-refractivity contribution < 1.29 is 9.84 Å². The van der Waals surface area contributed by atoms with E-state index in [1.54, 1.807) is 12.1 Å². The van der Waals surface area contributed by atoms with Gasteiger partial charge in [0.05, 0.1) is 13.3 Å². The van der Waals surface area contributed by atoms with Gasteiger partial charge in [0.25, 0.3) is 5.95 Å². The van der Waals surface area contributed by atoms with Crippen molar-refractivity contribution in [2.45, 2.75) is 10.9 Å². The SMILES string of the molecule is COc1ccc(/C=N/Nc2nnc(SCc3cccc(Br)c3)n2N)cc1O. The first kappa shape index (κ1) is 19.1. The van der Waals surface area contributed by atoms with Gasteiger partial charge >= 0.3 is 0 Å². The van der Waals surface area contributed by atoms with Crippen molar-refractivity contribution >= 4 is 39.9 Å². The lowest BCUT2D eigenvalue weighted by atomic mass is 10.2. The van der Waals surface area contributed by atoms with Gasteiger partial charge in [0.15, 0.2) is 11.5 Å². The predicted octanol–water partition coefficient (Wildman–Crippen LogP) is 3.21. The van der Waals surface area contributed by atoms with E-state index in [0.717, 1.165) is 10.0 Å². The third-order valence-corrected chi connectivity index (χ3v) is 5.01. The fraction of sp³-hybridized carbons (Fsp3) is 0.118. The van der Waals surface area contributed by atoms with Crippen LogP contribution in [0, 0.1) is 0 Å². The number of methoxy groups -OCH3 is 1. The summed E-state index contributed by atoms with van der Waals surface area (Å²) in [6, 6.07) is 13.0. The van der Waals surface area contributed by atoms with Crippen LogP contribution in [0.3, 0.4) is 0 Å². The fourth-order valence-electron chi connectivity index (χ4n) is 2.18. The largest absolute Gasteiger partial charge is 0.504 e. The maximum absolute atomic E-state index is 9.77. The van der Waals surface area contributed by atoms with E-state index in [1.807, 2.05) is 24.3 Å². The summed E-state index contributed by atoms with van der Waals surface area (Å²) in [5.41, 5.74) is 4.57. The number of nitrogens with zero attached hydrogens (tertiary/aromatic N) is 4. The summed E-state index contributed by atoms with van der Waals surface area (Å²) in [6.07, 6.45) is 1.53. The minimum atomic E-state index is 0.0367. The number of hydrazone groups is 1. The van der Waals surface area contributed by atoms with Gasteiger partial charge in [0.2, 0.25) is 5.16 Å². The Morgan fingerprint density at radius 2 is 2.19 bits per heavy atom. The van der Waals surface area contributed by atoms with Crippen LogP contribution in [-0.4, -0.2) is 33.3 Å². The van der Waals surface area contributed by atoms with Crippen LogP contribution in [0.2, 0.25) is 0 Å². The highest BCUT2D eigenvalue weighted by Crippen LogP contribution is 2.26. The Hall–Kier alpha value is -2.72. The highest BCUT2D eigenvalue weighted by atomic mass is 79.9. The fourth-order valence-corrected chi connectivity index (χ4v) is 3.42. The van der Waals surface area contributed by atoms with E-state index in [-0.39, 0.29) is 5.75 Å². The lowest BCUT2D eigenvalue weighted by molar-refractivity contribution is 0.373. The molecule has 8 nitrogen and oxygen atoms in total. The number of aromatic hydroxyl groups is 1. The van der Waals surface area contributed by atoms with E-state index in [2.05, 4.69) is 36.7 Å². The molecule has 0 amide bonds. The number of benzene rings is 2. The van der Waals surface area contributed by atoms with Gasteiger partial charge in [-0.1, -0.05) is 39.8 Å². The van der Waals surface area contributed by atoms with E-state index in [4.69, 9.17) is 10.6 Å². The molecule has 3 aromatic rings. The second-order valence-corrected chi connectivity index (χ2v) is 7.25. The first-order valence-electron chi connectivity index (χ1n) is 7.80. The quantitative estimate of drug-likeness (QED) is 0.220. The van der Waals surface area contributed by atoms with Gasteiger partial charge in [-0.25, -0.2) is 10.1 Å². The predicted molar refractivity (Wildman–Crippen MR) is 110 cm³/mol. The molecule has 1 aromatic heterocycles. The molecular weight excluding hydrogens is 432 g/mol. The molecule has 0 unspecified atom stereocenters. The zero-order valence-electron chi connectivity index (χ0n) is 14.3. The molecule has 0 fully saturated rings. The molecule has 10 heteroatoms. The molecule has 27 heavy (non-hydrogen) atoms. The molecule has 0 saturated heterocycles. The Morgan fingerprint density at radius 1 is 1.33 bits per heavy atom. The first-order chi connectivity index (χ1) is 13.1. The van der Waals surface area contributed by atoms with Gasteiger partial charge in [-0.3, -0.25) is 0 Å². The van der Waals surface area contributed by atoms with Gasteiger partial charge < -0.3 is 15.7 Å². The molecule has 4 N–H and O–H groups in total. The summed E-state index contributed by atoms with van der Waals surface area (Å²) in [4.78, 5) is 0. The average Bonchev–Trinajstić information content (AvgIpc) is 3.00. The number of phenols is 1. The molecule has 3 rings (SSSR count). The van der Waals surface area contributed by atoms with Crippen LogP contribution in [0.5, 0.6) is 11.5 Å². The lowest BCUT2D eigenvalue weighted by Gasteiger charge is -2.04. The summed E-state index contributed by atoms with van der Waals surface area (Å²) in [6.45, 7) is 0. The highest BCUT2D eigenvalue weighted by Gasteiger charge is 2.10. The summed E-state index contributed by atoms with van der Waals surface area (Å²) in [7, 11) is 1.49. The second kappa shape index (κ2) is 8.78. The van der Waals surface area contributed by atoms with Gasteiger partial charge in [-0.2, -0.15) is 5.10 Å². The van der Waals surface area contributed by atoms with Gasteiger partial charge in [0.1, 0.15) is 0 Å². The molecule has 0 aliphatic heterocycles. The van der Waals surface area contributed by atoms with Crippen molar-refractivity contribution in [3.05, 3.63) is 58.1 Å². The Labute approximate surface area is 168 Å². The highest BCUT2D eigenvalue weighted by molar-refractivity contribution is 9.10. The maximum atomic E-state index is 9.77. The molecule has 0 aliphatic carbocycles. The lowest BCUT2D eigenvalue weighted by Crippen LogP contribution is -2.13. The number of hydrogen-bond donors (Lipinski definition) is 3. The van der Waals surface area contributed by atoms with E-state index < -0.39 is 0 Å². The Morgan fingerprint density at radius 3 is 2.93 bits per heavy atom. The van der Waals surface area contributed by atoms with Crippen molar-refractivity contribution in [3.8, 4) is 11.5 Å². The third-order valence-electron chi connectivity index (χ3n) is 3.50. The zero-order chi connectivity index (χ0) is 19.2. The molecule has 0 spiro atoms. The topological polar surface area (TPSA) is 111 Å². The number of anilines is 1. The van der Waals surface area contributed by atoms with Crippen LogP contribution >= 0.6 is 27.7 Å². The Bertz CT molecular complexity index is 962. The molecule has 2 aromatic carbocycles. The Kier molecular flexibility index (Phi) is 6.20. The maximum Gasteiger partial charge on any atom is 0.264 e. The van der Waals surface area contributed by atoms with Crippen LogP contribution in [-0.2, 0) is 5.75 Å². The van der Waals surface area contributed by atoms with Gasteiger partial charge in [-0.15, -0.1) is 10.2 Å². The minimum absolute atomic E-state index is 0.0367. The number of aromatic nitrogens is 3. The number of ether oxygens (including phenoxy) is 1. The van der Waals surface area contributed by atoms with E-state index in [9.17, 15) is 5.11 Å². The molecule has 0 bridgehead atoms. The van der Waals surface area contributed by atoms with Crippen molar-refractivity contribution in [2.24, 2.45) is 5.10 Å². The standard InChI is InChI=1S/C17H17BrN6O2S/c1-26-15-6-5-11(8-14(15)25)9-20-21-16-22-23-17(24(16)19)27-10-12-3-2-4-13(18)7-12/h2-9,25H,10,19H2,1H3,(H,21,22)/b20-9+. The third kappa shape index (κ3) is 4.92. The average molecular weight is 449 g/mol. The molecule has 0 atom stereocenters. The van der Waals surface area contributed by atoms with Crippen molar-refractivity contribution in [1.82, 2.24) is 14.9 Å². The van der Waals surface area contributed by atoms with Gasteiger partial charge in [-0.05, 0) is 41.5 Å².